The number of nitrogens with zero attached hydrogens (tertiary/aromatic N) is 2. The van der Waals surface area contributed by atoms with Gasteiger partial charge < -0.3 is 4.74 Å². The minimum absolute atomic E-state index is 0.0945. The lowest BCUT2D eigenvalue weighted by Gasteiger charge is -2.29. The summed E-state index contributed by atoms with van der Waals surface area (Å²) in [7, 11) is -5.88. The van der Waals surface area contributed by atoms with E-state index >= 15 is 0 Å². The van der Waals surface area contributed by atoms with Crippen molar-refractivity contribution in [3.05, 3.63) is 54.1 Å². The first kappa shape index (κ1) is 24.7. The third kappa shape index (κ3) is 5.17. The first-order chi connectivity index (χ1) is 15.1. The van der Waals surface area contributed by atoms with Crippen molar-refractivity contribution in [1.82, 2.24) is 8.61 Å². The van der Waals surface area contributed by atoms with Crippen LogP contribution >= 0.6 is 0 Å². The number of hydrogen-bond donors (Lipinski definition) is 0. The van der Waals surface area contributed by atoms with Crippen LogP contribution in [0.2, 0.25) is 0 Å². The summed E-state index contributed by atoms with van der Waals surface area (Å²) < 4.78 is 60.7. The Morgan fingerprint density at radius 2 is 1.38 bits per heavy atom. The molecular weight excluding hydrogens is 448 g/mol. The number of rotatable bonds is 11. The van der Waals surface area contributed by atoms with Gasteiger partial charge in [0.15, 0.2) is 0 Å². The molecular formula is C23H32N2O5S2. The van der Waals surface area contributed by atoms with E-state index in [-0.39, 0.29) is 22.4 Å². The van der Waals surface area contributed by atoms with Crippen molar-refractivity contribution in [3.8, 4) is 5.75 Å². The van der Waals surface area contributed by atoms with Crippen LogP contribution in [0.5, 0.6) is 5.75 Å². The van der Waals surface area contributed by atoms with Crippen molar-refractivity contribution in [3.63, 3.8) is 0 Å². The molecule has 1 atom stereocenters. The van der Waals surface area contributed by atoms with E-state index in [9.17, 15) is 16.8 Å². The highest BCUT2D eigenvalue weighted by atomic mass is 32.2. The quantitative estimate of drug-likeness (QED) is 0.489. The molecule has 176 valence electrons. The molecule has 0 bridgehead atoms. The Bertz CT molecular complexity index is 1110. The van der Waals surface area contributed by atoms with Gasteiger partial charge in [-0.25, -0.2) is 16.8 Å². The minimum atomic E-state index is -3.82. The average Bonchev–Trinajstić information content (AvgIpc) is 3.63. The maximum atomic E-state index is 13.6. The van der Waals surface area contributed by atoms with E-state index in [4.69, 9.17) is 4.74 Å². The van der Waals surface area contributed by atoms with E-state index in [1.54, 1.807) is 21.0 Å². The molecule has 0 spiro atoms. The van der Waals surface area contributed by atoms with Gasteiger partial charge in [-0.3, -0.25) is 0 Å². The summed E-state index contributed by atoms with van der Waals surface area (Å²) in [5.41, 5.74) is 0.864. The van der Waals surface area contributed by atoms with Gasteiger partial charge in [0.1, 0.15) is 5.75 Å². The van der Waals surface area contributed by atoms with Crippen LogP contribution in [0.25, 0.3) is 0 Å². The predicted octanol–water partition coefficient (Wildman–Crippen LogP) is 3.72. The summed E-state index contributed by atoms with van der Waals surface area (Å²) in [6, 6.07) is 12.8. The van der Waals surface area contributed by atoms with Gasteiger partial charge in [-0.1, -0.05) is 26.0 Å². The van der Waals surface area contributed by atoms with Crippen LogP contribution in [-0.2, 0) is 26.6 Å². The van der Waals surface area contributed by atoms with Gasteiger partial charge in [0.25, 0.3) is 0 Å². The van der Waals surface area contributed by atoms with Gasteiger partial charge in [0, 0.05) is 25.7 Å². The molecule has 1 saturated carbocycles. The maximum absolute atomic E-state index is 13.6. The topological polar surface area (TPSA) is 84.0 Å². The molecule has 2 aromatic rings. The Hall–Kier alpha value is -1.94. The first-order valence-electron chi connectivity index (χ1n) is 10.9. The summed E-state index contributed by atoms with van der Waals surface area (Å²) in [4.78, 5) is 0.189. The lowest BCUT2D eigenvalue weighted by atomic mass is 10.1. The number of sulfonamides is 2. The molecule has 1 aliphatic carbocycles. The highest BCUT2D eigenvalue weighted by Gasteiger charge is 2.38. The smallest absolute Gasteiger partial charge is 0.243 e. The fourth-order valence-electron chi connectivity index (χ4n) is 3.80. The van der Waals surface area contributed by atoms with E-state index in [0.29, 0.717) is 24.8 Å². The van der Waals surface area contributed by atoms with Crippen LogP contribution in [0.1, 0.15) is 39.2 Å². The summed E-state index contributed by atoms with van der Waals surface area (Å²) in [5, 5.41) is 0. The second-order valence-corrected chi connectivity index (χ2v) is 11.9. The van der Waals surface area contributed by atoms with Gasteiger partial charge in [-0.05, 0) is 67.6 Å². The minimum Gasteiger partial charge on any atom is -0.497 e. The molecule has 1 aliphatic rings. The second-order valence-electron chi connectivity index (χ2n) is 8.04. The number of ether oxygens (including phenoxy) is 1. The molecule has 1 unspecified atom stereocenters. The van der Waals surface area contributed by atoms with E-state index < -0.39 is 20.0 Å². The molecule has 7 nitrogen and oxygen atoms in total. The predicted molar refractivity (Wildman–Crippen MR) is 124 cm³/mol. The second kappa shape index (κ2) is 9.91. The first-order valence-corrected chi connectivity index (χ1v) is 13.8. The van der Waals surface area contributed by atoms with Crippen LogP contribution in [-0.4, -0.2) is 51.7 Å². The van der Waals surface area contributed by atoms with Crippen LogP contribution in [0, 0.1) is 5.92 Å². The molecule has 3 rings (SSSR count). The fourth-order valence-corrected chi connectivity index (χ4v) is 6.94. The average molecular weight is 481 g/mol. The zero-order valence-electron chi connectivity index (χ0n) is 19.1. The fraction of sp³-hybridized carbons (Fsp3) is 0.478. The van der Waals surface area contributed by atoms with Crippen molar-refractivity contribution < 1.29 is 21.6 Å². The standard InChI is InChI=1S/C23H32N2O5S2/c1-5-24(6-2)31(26,27)22-13-15-23(16-14-22)32(28,29)25(18(3)20-9-10-20)17-19-7-11-21(30-4)12-8-19/h7-8,11-16,18,20H,5-6,9-10,17H2,1-4H3. The number of benzene rings is 2. The molecule has 0 saturated heterocycles. The Labute approximate surface area is 192 Å². The Morgan fingerprint density at radius 3 is 1.81 bits per heavy atom. The highest BCUT2D eigenvalue weighted by molar-refractivity contribution is 7.89. The molecule has 2 aromatic carbocycles. The van der Waals surface area contributed by atoms with Crippen molar-refractivity contribution in [2.45, 2.75) is 56.0 Å². The summed E-state index contributed by atoms with van der Waals surface area (Å²) >= 11 is 0. The SMILES string of the molecule is CCN(CC)S(=O)(=O)c1ccc(S(=O)(=O)N(Cc2ccc(OC)cc2)C(C)C2CC2)cc1. The van der Waals surface area contributed by atoms with Crippen molar-refractivity contribution in [2.24, 2.45) is 5.92 Å². The van der Waals surface area contributed by atoms with Gasteiger partial charge >= 0.3 is 0 Å². The summed E-state index contributed by atoms with van der Waals surface area (Å²) in [5.74, 6) is 1.05. The Morgan fingerprint density at radius 1 is 0.875 bits per heavy atom. The van der Waals surface area contributed by atoms with E-state index in [0.717, 1.165) is 18.4 Å². The van der Waals surface area contributed by atoms with Gasteiger partial charge in [-0.15, -0.1) is 0 Å². The largest absolute Gasteiger partial charge is 0.497 e. The molecule has 9 heteroatoms. The van der Waals surface area contributed by atoms with Gasteiger partial charge in [0.05, 0.1) is 16.9 Å². The Balaban J connectivity index is 1.92. The normalized spacial score (nSPS) is 15.8. The van der Waals surface area contributed by atoms with Crippen LogP contribution in [0.3, 0.4) is 0 Å². The molecule has 0 heterocycles. The highest BCUT2D eigenvalue weighted by Crippen LogP contribution is 2.38. The van der Waals surface area contributed by atoms with Crippen molar-refractivity contribution in [2.75, 3.05) is 20.2 Å². The molecule has 1 fully saturated rings. The van der Waals surface area contributed by atoms with Crippen LogP contribution in [0.15, 0.2) is 58.3 Å². The third-order valence-electron chi connectivity index (χ3n) is 6.03. The molecule has 0 N–H and O–H groups in total. The molecule has 32 heavy (non-hydrogen) atoms. The van der Waals surface area contributed by atoms with Gasteiger partial charge in [-0.2, -0.15) is 8.61 Å². The molecule has 0 aliphatic heterocycles. The Kier molecular flexibility index (Phi) is 7.65. The van der Waals surface area contributed by atoms with E-state index in [2.05, 4.69) is 0 Å². The van der Waals surface area contributed by atoms with Crippen molar-refractivity contribution >= 4 is 20.0 Å². The zero-order chi connectivity index (χ0) is 23.5. The van der Waals surface area contributed by atoms with Crippen LogP contribution in [0.4, 0.5) is 0 Å². The van der Waals surface area contributed by atoms with Gasteiger partial charge in [0.2, 0.25) is 20.0 Å². The number of hydrogen-bond acceptors (Lipinski definition) is 5. The number of methoxy groups -OCH3 is 1. The summed E-state index contributed by atoms with van der Waals surface area (Å²) in [6.45, 7) is 6.44. The zero-order valence-corrected chi connectivity index (χ0v) is 20.7. The lowest BCUT2D eigenvalue weighted by Crippen LogP contribution is -2.39. The third-order valence-corrected chi connectivity index (χ3v) is 10.0. The van der Waals surface area contributed by atoms with E-state index in [1.807, 2.05) is 31.2 Å². The monoisotopic (exact) mass is 480 g/mol. The lowest BCUT2D eigenvalue weighted by molar-refractivity contribution is 0.303. The molecule has 0 aromatic heterocycles. The summed E-state index contributed by atoms with van der Waals surface area (Å²) in [6.07, 6.45) is 2.02. The molecule has 0 amide bonds. The maximum Gasteiger partial charge on any atom is 0.243 e. The van der Waals surface area contributed by atoms with Crippen LogP contribution < -0.4 is 4.74 Å². The van der Waals surface area contributed by atoms with Crippen molar-refractivity contribution in [1.29, 1.82) is 0 Å². The van der Waals surface area contributed by atoms with E-state index in [1.165, 1.54) is 32.9 Å². The molecule has 0 radical (unpaired) electrons.